The minimum absolute atomic E-state index is 0.0894. The zero-order valence-corrected chi connectivity index (χ0v) is 32.4. The fourth-order valence-electron chi connectivity index (χ4n) is 3.94. The number of benzene rings is 2. The summed E-state index contributed by atoms with van der Waals surface area (Å²) in [5.74, 6) is 1.87. The molecule has 2 aromatic rings. The van der Waals surface area contributed by atoms with Gasteiger partial charge in [-0.25, -0.2) is 0 Å². The Hall–Kier alpha value is -0.170. The molecule has 0 bridgehead atoms. The van der Waals surface area contributed by atoms with Gasteiger partial charge in [0.25, 0.3) is 0 Å². The van der Waals surface area contributed by atoms with E-state index >= 15 is 0 Å². The molecular weight excluding hydrogens is 807 g/mol. The molecule has 0 unspecified atom stereocenters. The molecule has 0 amide bonds. The van der Waals surface area contributed by atoms with Gasteiger partial charge in [0.05, 0.1) is 19.8 Å². The van der Waals surface area contributed by atoms with Crippen molar-refractivity contribution in [1.29, 1.82) is 0 Å². The smallest absolute Gasteiger partial charge is 0.119 e. The van der Waals surface area contributed by atoms with Gasteiger partial charge in [-0.05, 0) is 120 Å². The highest BCUT2D eigenvalue weighted by Gasteiger charge is 1.97. The number of ether oxygens (including phenoxy) is 2. The SMILES string of the molecule is BrP(Br)Br.C=CCCCCCCCCOc1ccc(CBr)cc1.C=CCCCCCCCCOc1ccc(CO)cc1. The third-order valence-corrected chi connectivity index (χ3v) is 6.97. The third kappa shape index (κ3) is 28.6. The Labute approximate surface area is 290 Å². The highest BCUT2D eigenvalue weighted by atomic mass is 80.0. The zero-order chi connectivity index (χ0) is 31.1. The molecule has 0 spiro atoms. The molecule has 2 aromatic carbocycles. The van der Waals surface area contributed by atoms with E-state index in [1.165, 1.54) is 69.8 Å². The minimum atomic E-state index is -0.183. The highest BCUT2D eigenvalue weighted by Crippen LogP contribution is 2.59. The van der Waals surface area contributed by atoms with E-state index in [0.29, 0.717) is 0 Å². The Kier molecular flexibility index (Phi) is 32.1. The van der Waals surface area contributed by atoms with Crippen LogP contribution in [0.2, 0.25) is 0 Å². The highest BCUT2D eigenvalue weighted by molar-refractivity contribution is 9.93. The van der Waals surface area contributed by atoms with E-state index in [-0.39, 0.29) is 10.6 Å². The number of aliphatic hydroxyl groups is 1. The molecule has 3 nitrogen and oxygen atoms in total. The maximum absolute atomic E-state index is 8.93. The number of hydrogen-bond acceptors (Lipinski definition) is 3. The molecule has 238 valence electrons. The normalized spacial score (nSPS) is 10.2. The molecule has 2 rings (SSSR count). The van der Waals surface area contributed by atoms with Crippen LogP contribution in [0.4, 0.5) is 0 Å². The first-order valence-corrected chi connectivity index (χ1v) is 23.6. The molecule has 0 aromatic heterocycles. The lowest BCUT2D eigenvalue weighted by molar-refractivity contribution is 0.281. The summed E-state index contributed by atoms with van der Waals surface area (Å²) in [5, 5.41) is 9.83. The molecule has 8 heteroatoms. The summed E-state index contributed by atoms with van der Waals surface area (Å²) < 4.78 is 11.2. The molecule has 0 radical (unpaired) electrons. The van der Waals surface area contributed by atoms with Crippen molar-refractivity contribution in [2.24, 2.45) is 0 Å². The average Bonchev–Trinajstić information content (AvgIpc) is 3.00. The standard InChI is InChI=1S/C17H25BrO.C17H26O2.Br3P/c2*1-2-3-4-5-6-7-8-9-14-19-17-12-10-16(15-18)11-13-17;1-4(2)3/h2,10-13H,1,3-9,14-15H2;2,10-13,18H,1,3-9,14-15H2;. The molecule has 0 aliphatic rings. The summed E-state index contributed by atoms with van der Waals surface area (Å²) in [6.07, 6.45) is 21.6. The van der Waals surface area contributed by atoms with Crippen LogP contribution in [0.3, 0.4) is 0 Å². The molecule has 42 heavy (non-hydrogen) atoms. The van der Waals surface area contributed by atoms with Gasteiger partial charge in [0, 0.05) is 5.33 Å². The Morgan fingerprint density at radius 3 is 1.24 bits per heavy atom. The summed E-state index contributed by atoms with van der Waals surface area (Å²) in [6.45, 7) is 9.17. The third-order valence-electron chi connectivity index (χ3n) is 6.33. The van der Waals surface area contributed by atoms with E-state index in [9.17, 15) is 0 Å². The average molecular weight is 858 g/mol. The Morgan fingerprint density at radius 1 is 0.571 bits per heavy atom. The maximum atomic E-state index is 8.93. The predicted octanol–water partition coefficient (Wildman–Crippen LogP) is 13.7. The van der Waals surface area contributed by atoms with Crippen LogP contribution in [-0.2, 0) is 11.9 Å². The summed E-state index contributed by atoms with van der Waals surface area (Å²) in [5.41, 5.74) is 2.21. The number of rotatable bonds is 22. The second-order valence-corrected chi connectivity index (χ2v) is 25.8. The van der Waals surface area contributed by atoms with Gasteiger partial charge >= 0.3 is 0 Å². The number of allylic oxidation sites excluding steroid dienone is 2. The number of unbranched alkanes of at least 4 members (excludes halogenated alkanes) is 12. The van der Waals surface area contributed by atoms with E-state index in [1.807, 2.05) is 48.6 Å². The Morgan fingerprint density at radius 2 is 0.905 bits per heavy atom. The molecular formula is C34H51Br4O3P. The van der Waals surface area contributed by atoms with Gasteiger partial charge in [-0.15, -0.1) is 13.2 Å². The van der Waals surface area contributed by atoms with Gasteiger partial charge in [0.1, 0.15) is 15.5 Å². The predicted molar refractivity (Wildman–Crippen MR) is 201 cm³/mol. The second-order valence-electron chi connectivity index (χ2n) is 9.87. The van der Waals surface area contributed by atoms with Gasteiger partial charge in [-0.3, -0.25) is 0 Å². The summed E-state index contributed by atoms with van der Waals surface area (Å²) in [4.78, 5) is 0. The van der Waals surface area contributed by atoms with Crippen molar-refractivity contribution in [2.75, 3.05) is 13.2 Å². The number of alkyl halides is 1. The van der Waals surface area contributed by atoms with E-state index in [1.54, 1.807) is 0 Å². The molecule has 0 fully saturated rings. The summed E-state index contributed by atoms with van der Waals surface area (Å²) >= 11 is 12.9. The van der Waals surface area contributed by atoms with Crippen LogP contribution in [0.1, 0.15) is 101 Å². The van der Waals surface area contributed by atoms with Gasteiger partial charge in [-0.2, -0.15) is 0 Å². The number of halogens is 4. The van der Waals surface area contributed by atoms with Crippen LogP contribution in [0, 0.1) is 0 Å². The quantitative estimate of drug-likeness (QED) is 0.0555. The van der Waals surface area contributed by atoms with E-state index in [2.05, 4.69) is 87.7 Å². The molecule has 0 atom stereocenters. The lowest BCUT2D eigenvalue weighted by Gasteiger charge is -2.06. The van der Waals surface area contributed by atoms with Crippen molar-refractivity contribution in [3.05, 3.63) is 85.0 Å². The first kappa shape index (κ1) is 41.8. The van der Waals surface area contributed by atoms with Crippen molar-refractivity contribution in [3.8, 4) is 11.5 Å². The van der Waals surface area contributed by atoms with Gasteiger partial charge in [0.15, 0.2) is 0 Å². The zero-order valence-electron chi connectivity index (χ0n) is 25.1. The van der Waals surface area contributed by atoms with Crippen LogP contribution >= 0.6 is 66.4 Å². The molecule has 1 N–H and O–H groups in total. The van der Waals surface area contributed by atoms with Crippen molar-refractivity contribution < 1.29 is 14.6 Å². The molecule has 0 saturated heterocycles. The van der Waals surface area contributed by atoms with Crippen molar-refractivity contribution in [3.63, 3.8) is 0 Å². The van der Waals surface area contributed by atoms with Crippen molar-refractivity contribution >= 4 is 66.4 Å². The first-order valence-electron chi connectivity index (χ1n) is 15.1. The molecule has 0 saturated carbocycles. The van der Waals surface area contributed by atoms with Crippen molar-refractivity contribution in [1.82, 2.24) is 0 Å². The van der Waals surface area contributed by atoms with E-state index < -0.39 is 0 Å². The van der Waals surface area contributed by atoms with Crippen LogP contribution in [0.15, 0.2) is 73.8 Å². The fraction of sp³-hybridized carbons (Fsp3) is 0.529. The second kappa shape index (κ2) is 32.2. The summed E-state index contributed by atoms with van der Waals surface area (Å²) in [7, 11) is 0. The molecule has 0 aliphatic heterocycles. The maximum Gasteiger partial charge on any atom is 0.119 e. The number of aliphatic hydroxyl groups excluding tert-OH is 1. The van der Waals surface area contributed by atoms with Crippen LogP contribution in [-0.4, -0.2) is 18.3 Å². The minimum Gasteiger partial charge on any atom is -0.494 e. The first-order chi connectivity index (χ1) is 20.5. The monoisotopic (exact) mass is 854 g/mol. The largest absolute Gasteiger partial charge is 0.494 e. The number of hydrogen-bond donors (Lipinski definition) is 1. The molecule has 0 aliphatic carbocycles. The van der Waals surface area contributed by atoms with Crippen LogP contribution in [0.5, 0.6) is 11.5 Å². The van der Waals surface area contributed by atoms with Gasteiger partial charge < -0.3 is 14.6 Å². The Bertz CT molecular complexity index is 792. The van der Waals surface area contributed by atoms with Crippen LogP contribution < -0.4 is 9.47 Å². The lowest BCUT2D eigenvalue weighted by atomic mass is 10.1. The summed E-state index contributed by atoms with van der Waals surface area (Å²) in [6, 6.07) is 15.9. The van der Waals surface area contributed by atoms with E-state index in [4.69, 9.17) is 14.6 Å². The Balaban J connectivity index is 0.000000710. The molecule has 0 heterocycles. The van der Waals surface area contributed by atoms with Gasteiger partial charge in [0.2, 0.25) is 0 Å². The van der Waals surface area contributed by atoms with Crippen molar-refractivity contribution in [2.45, 2.75) is 102 Å². The topological polar surface area (TPSA) is 38.7 Å². The lowest BCUT2D eigenvalue weighted by Crippen LogP contribution is -1.97. The van der Waals surface area contributed by atoms with Gasteiger partial charge in [-0.1, -0.05) is 104 Å². The fourth-order valence-corrected chi connectivity index (χ4v) is 4.32. The van der Waals surface area contributed by atoms with E-state index in [0.717, 1.165) is 61.3 Å². The van der Waals surface area contributed by atoms with Crippen LogP contribution in [0.25, 0.3) is 0 Å².